The van der Waals surface area contributed by atoms with Crippen LogP contribution in [0.5, 0.6) is 0 Å². The molecule has 1 amide bonds. The van der Waals surface area contributed by atoms with Crippen LogP contribution < -0.4 is 15.8 Å². The third-order valence-corrected chi connectivity index (χ3v) is 3.36. The zero-order chi connectivity index (χ0) is 15.7. The minimum Gasteiger partial charge on any atom is -0.383 e. The maximum Gasteiger partial charge on any atom is 0.251 e. The van der Waals surface area contributed by atoms with E-state index in [-0.39, 0.29) is 24.1 Å². The largest absolute Gasteiger partial charge is 0.383 e. The fraction of sp³-hybridized carbons (Fsp3) is 0.462. The molecule has 0 aliphatic heterocycles. The molecule has 0 aliphatic rings. The van der Waals surface area contributed by atoms with E-state index in [1.54, 1.807) is 25.3 Å². The fourth-order valence-corrected chi connectivity index (χ4v) is 2.34. The number of carbonyl (C=O) groups is 1. The molecule has 126 valence electrons. The number of nitrogens with two attached hydrogens (primary N) is 1. The highest BCUT2D eigenvalue weighted by Crippen LogP contribution is 2.07. The highest BCUT2D eigenvalue weighted by molar-refractivity contribution is 7.88. The number of sulfonamides is 1. The molecule has 1 rings (SSSR count). The summed E-state index contributed by atoms with van der Waals surface area (Å²) in [4.78, 5) is 11.9. The Morgan fingerprint density at radius 1 is 1.27 bits per heavy atom. The number of primary sulfonamides is 1. The van der Waals surface area contributed by atoms with Crippen molar-refractivity contribution in [3.63, 3.8) is 0 Å². The number of benzene rings is 1. The first-order valence-corrected chi connectivity index (χ1v) is 8.21. The van der Waals surface area contributed by atoms with E-state index in [0.29, 0.717) is 30.8 Å². The van der Waals surface area contributed by atoms with Crippen LogP contribution in [-0.4, -0.2) is 47.7 Å². The second-order valence-electron chi connectivity index (χ2n) is 4.51. The molecule has 7 nitrogen and oxygen atoms in total. The Kier molecular flexibility index (Phi) is 9.95. The predicted molar refractivity (Wildman–Crippen MR) is 87.6 cm³/mol. The molecule has 0 spiro atoms. The average Bonchev–Trinajstić information content (AvgIpc) is 2.41. The van der Waals surface area contributed by atoms with Gasteiger partial charge in [0.05, 0.1) is 12.4 Å². The zero-order valence-electron chi connectivity index (χ0n) is 12.4. The van der Waals surface area contributed by atoms with E-state index >= 15 is 0 Å². The number of halogens is 1. The molecule has 0 saturated heterocycles. The fourth-order valence-electron chi connectivity index (χ4n) is 1.70. The maximum atomic E-state index is 11.9. The molecule has 1 aromatic rings. The van der Waals surface area contributed by atoms with Crippen molar-refractivity contribution in [3.05, 3.63) is 35.4 Å². The number of ether oxygens (including phenoxy) is 1. The number of methoxy groups -OCH3 is 1. The lowest BCUT2D eigenvalue weighted by Crippen LogP contribution is -2.33. The summed E-state index contributed by atoms with van der Waals surface area (Å²) in [5.74, 6) is -0.535. The number of hydrogen-bond acceptors (Lipinski definition) is 5. The van der Waals surface area contributed by atoms with Crippen molar-refractivity contribution in [3.8, 4) is 0 Å². The molecule has 0 fully saturated rings. The predicted octanol–water partition coefficient (Wildman–Crippen LogP) is -0.137. The molecular weight excluding hydrogens is 330 g/mol. The Morgan fingerprint density at radius 3 is 2.64 bits per heavy atom. The molecule has 0 unspecified atom stereocenters. The van der Waals surface area contributed by atoms with E-state index in [0.717, 1.165) is 6.54 Å². The van der Waals surface area contributed by atoms with Crippen molar-refractivity contribution in [1.82, 2.24) is 10.6 Å². The second-order valence-corrected chi connectivity index (χ2v) is 6.12. The first-order chi connectivity index (χ1) is 9.92. The minimum atomic E-state index is -3.60. The lowest BCUT2D eigenvalue weighted by molar-refractivity contribution is 0.0953. The van der Waals surface area contributed by atoms with Crippen molar-refractivity contribution >= 4 is 28.3 Å². The van der Waals surface area contributed by atoms with Crippen LogP contribution in [0.25, 0.3) is 0 Å². The summed E-state index contributed by atoms with van der Waals surface area (Å²) in [6.45, 7) is 2.44. The van der Waals surface area contributed by atoms with Gasteiger partial charge in [-0.05, 0) is 17.7 Å². The molecular formula is C13H22ClN3O4S. The van der Waals surface area contributed by atoms with Gasteiger partial charge in [0.2, 0.25) is 10.0 Å². The Balaban J connectivity index is 0.00000441. The van der Waals surface area contributed by atoms with Crippen LogP contribution in [0.2, 0.25) is 0 Å². The summed E-state index contributed by atoms with van der Waals surface area (Å²) in [7, 11) is -1.98. The van der Waals surface area contributed by atoms with E-state index in [2.05, 4.69) is 10.6 Å². The average molecular weight is 352 g/mol. The number of carbonyl (C=O) groups excluding carboxylic acids is 1. The van der Waals surface area contributed by atoms with Crippen molar-refractivity contribution < 1.29 is 17.9 Å². The van der Waals surface area contributed by atoms with Crippen LogP contribution in [0, 0.1) is 0 Å². The smallest absolute Gasteiger partial charge is 0.251 e. The van der Waals surface area contributed by atoms with Gasteiger partial charge in [0.15, 0.2) is 0 Å². The number of nitrogens with one attached hydrogen (secondary N) is 2. The van der Waals surface area contributed by atoms with Gasteiger partial charge in [-0.1, -0.05) is 12.1 Å². The van der Waals surface area contributed by atoms with Gasteiger partial charge in [0, 0.05) is 32.3 Å². The summed E-state index contributed by atoms with van der Waals surface area (Å²) >= 11 is 0. The van der Waals surface area contributed by atoms with E-state index in [1.165, 1.54) is 6.07 Å². The Morgan fingerprint density at radius 2 is 2.00 bits per heavy atom. The summed E-state index contributed by atoms with van der Waals surface area (Å²) in [5.41, 5.74) is 0.899. The minimum absolute atomic E-state index is 0. The van der Waals surface area contributed by atoms with Gasteiger partial charge >= 0.3 is 0 Å². The zero-order valence-corrected chi connectivity index (χ0v) is 14.0. The van der Waals surface area contributed by atoms with Crippen LogP contribution in [0.4, 0.5) is 0 Å². The number of rotatable bonds is 9. The van der Waals surface area contributed by atoms with Gasteiger partial charge in [-0.15, -0.1) is 12.4 Å². The van der Waals surface area contributed by atoms with Gasteiger partial charge in [-0.3, -0.25) is 4.79 Å². The quantitative estimate of drug-likeness (QED) is 0.536. The summed E-state index contributed by atoms with van der Waals surface area (Å²) < 4.78 is 27.0. The first kappa shape index (κ1) is 20.8. The highest BCUT2D eigenvalue weighted by atomic mass is 35.5. The topological polar surface area (TPSA) is 111 Å². The molecule has 9 heteroatoms. The molecule has 4 N–H and O–H groups in total. The van der Waals surface area contributed by atoms with Crippen molar-refractivity contribution in [2.24, 2.45) is 5.14 Å². The Bertz CT molecular complexity index is 566. The molecule has 0 aromatic heterocycles. The van der Waals surface area contributed by atoms with Crippen molar-refractivity contribution in [2.45, 2.75) is 5.75 Å². The molecule has 0 atom stereocenters. The summed E-state index contributed by atoms with van der Waals surface area (Å²) in [6.07, 6.45) is 0. The maximum absolute atomic E-state index is 11.9. The van der Waals surface area contributed by atoms with E-state index in [1.807, 2.05) is 0 Å². The standard InChI is InChI=1S/C13H21N3O4S.ClH/c1-20-8-7-15-5-6-16-13(17)12-4-2-3-11(9-12)10-21(14,18)19;/h2-4,9,15H,5-8,10H2,1H3,(H,16,17)(H2,14,18,19);1H. The second kappa shape index (κ2) is 10.5. The Hall–Kier alpha value is -1.19. The lowest BCUT2D eigenvalue weighted by atomic mass is 10.1. The highest BCUT2D eigenvalue weighted by Gasteiger charge is 2.09. The number of amides is 1. The van der Waals surface area contributed by atoms with Crippen LogP contribution in [0.3, 0.4) is 0 Å². The van der Waals surface area contributed by atoms with E-state index < -0.39 is 10.0 Å². The molecule has 22 heavy (non-hydrogen) atoms. The molecule has 0 bridgehead atoms. The molecule has 0 saturated carbocycles. The van der Waals surface area contributed by atoms with Crippen molar-refractivity contribution in [1.29, 1.82) is 0 Å². The van der Waals surface area contributed by atoms with Crippen LogP contribution >= 0.6 is 12.4 Å². The van der Waals surface area contributed by atoms with Crippen molar-refractivity contribution in [2.75, 3.05) is 33.4 Å². The van der Waals surface area contributed by atoms with E-state index in [4.69, 9.17) is 9.88 Å². The third-order valence-electron chi connectivity index (χ3n) is 2.63. The monoisotopic (exact) mass is 351 g/mol. The summed E-state index contributed by atoms with van der Waals surface area (Å²) in [5, 5.41) is 10.8. The summed E-state index contributed by atoms with van der Waals surface area (Å²) in [6, 6.07) is 6.40. The van der Waals surface area contributed by atoms with Crippen LogP contribution in [0.1, 0.15) is 15.9 Å². The first-order valence-electron chi connectivity index (χ1n) is 6.49. The van der Waals surface area contributed by atoms with Gasteiger partial charge in [-0.25, -0.2) is 13.6 Å². The molecule has 0 radical (unpaired) electrons. The lowest BCUT2D eigenvalue weighted by Gasteiger charge is -2.07. The number of hydrogen-bond donors (Lipinski definition) is 3. The van der Waals surface area contributed by atoms with E-state index in [9.17, 15) is 13.2 Å². The molecule has 1 aromatic carbocycles. The van der Waals surface area contributed by atoms with Crippen LogP contribution in [-0.2, 0) is 20.5 Å². The Labute approximate surface area is 137 Å². The molecule has 0 heterocycles. The third kappa shape index (κ3) is 8.96. The van der Waals surface area contributed by atoms with Gasteiger partial charge in [0.1, 0.15) is 0 Å². The van der Waals surface area contributed by atoms with Gasteiger partial charge < -0.3 is 15.4 Å². The SMILES string of the molecule is COCCNCCNC(=O)c1cccc(CS(N)(=O)=O)c1.Cl. The normalized spacial score (nSPS) is 10.8. The molecule has 0 aliphatic carbocycles. The van der Waals surface area contributed by atoms with Crippen LogP contribution in [0.15, 0.2) is 24.3 Å². The van der Waals surface area contributed by atoms with Gasteiger partial charge in [0.25, 0.3) is 5.91 Å². The van der Waals surface area contributed by atoms with Gasteiger partial charge in [-0.2, -0.15) is 0 Å².